The highest BCUT2D eigenvalue weighted by molar-refractivity contribution is 8.00. The van der Waals surface area contributed by atoms with Gasteiger partial charge in [0.1, 0.15) is 6.04 Å². The van der Waals surface area contributed by atoms with Crippen LogP contribution in [0.25, 0.3) is 0 Å². The largest absolute Gasteiger partial charge is 0.381 e. The van der Waals surface area contributed by atoms with E-state index < -0.39 is 0 Å². The summed E-state index contributed by atoms with van der Waals surface area (Å²) in [5.41, 5.74) is 0. The molecule has 0 spiro atoms. The minimum Gasteiger partial charge on any atom is -0.381 e. The van der Waals surface area contributed by atoms with Gasteiger partial charge < -0.3 is 50.8 Å². The summed E-state index contributed by atoms with van der Waals surface area (Å²) in [6.07, 6.45) is 17.1. The number of likely N-dealkylation sites (N-methyl/N-ethyl adjacent to an activating group) is 1. The van der Waals surface area contributed by atoms with Crippen LogP contribution in [0.1, 0.15) is 132 Å². The number of thioether (sulfide) groups is 2. The zero-order valence-electron chi connectivity index (χ0n) is 46.5. The molecular formula is C53H103N9O7S2. The summed E-state index contributed by atoms with van der Waals surface area (Å²) in [6.45, 7) is 29.9. The number of aliphatic imine (C=N–C) groups is 1. The second-order valence-electron chi connectivity index (χ2n) is 20.7. The molecule has 414 valence electrons. The van der Waals surface area contributed by atoms with Crippen LogP contribution in [0.15, 0.2) is 4.99 Å². The van der Waals surface area contributed by atoms with Gasteiger partial charge in [-0.2, -0.15) is 23.5 Å². The highest BCUT2D eigenvalue weighted by Crippen LogP contribution is 2.24. The quantitative estimate of drug-likeness (QED) is 0.176. The van der Waals surface area contributed by atoms with Gasteiger partial charge in [-0.05, 0) is 153 Å². The van der Waals surface area contributed by atoms with Gasteiger partial charge in [-0.1, -0.05) is 41.5 Å². The summed E-state index contributed by atoms with van der Waals surface area (Å²) in [5, 5.41) is 15.0. The molecule has 10 saturated heterocycles. The lowest BCUT2D eigenvalue weighted by atomic mass is 10.1. The average Bonchev–Trinajstić information content (AvgIpc) is 4.15. The smallest absolute Gasteiger partial charge is 0.317 e. The molecule has 5 amide bonds. The van der Waals surface area contributed by atoms with E-state index >= 15 is 0 Å². The van der Waals surface area contributed by atoms with Crippen molar-refractivity contribution in [2.75, 3.05) is 124 Å². The lowest BCUT2D eigenvalue weighted by molar-refractivity contribution is -0.126. The molecule has 11 aliphatic rings. The molecule has 8 atom stereocenters. The molecule has 0 aromatic rings. The summed E-state index contributed by atoms with van der Waals surface area (Å²) in [7, 11) is 5.80. The van der Waals surface area contributed by atoms with Gasteiger partial charge in [-0.25, -0.2) is 4.79 Å². The number of carbonyl (C=O) groups excluding carboxylic acids is 5. The number of carbonyl (C=O) groups is 5. The molecule has 11 heterocycles. The summed E-state index contributed by atoms with van der Waals surface area (Å²) in [6, 6.07) is -0.125. The zero-order chi connectivity index (χ0) is 52.8. The maximum absolute atomic E-state index is 10.5. The van der Waals surface area contributed by atoms with Crippen molar-refractivity contribution in [2.24, 2.45) is 34.6 Å². The Labute approximate surface area is 440 Å². The van der Waals surface area contributed by atoms with Gasteiger partial charge in [0.05, 0.1) is 19.0 Å². The van der Waals surface area contributed by atoms with E-state index in [-0.39, 0.29) is 35.7 Å². The van der Waals surface area contributed by atoms with Crippen molar-refractivity contribution < 1.29 is 33.4 Å². The first-order chi connectivity index (χ1) is 33.9. The zero-order valence-corrected chi connectivity index (χ0v) is 48.1. The number of Topliss-reactive ketones (excluding diaryl/α,β-unsaturated/α-hetero) is 1. The maximum Gasteiger partial charge on any atom is 0.317 e. The van der Waals surface area contributed by atoms with Crippen LogP contribution in [0, 0.1) is 29.6 Å². The highest BCUT2D eigenvalue weighted by atomic mass is 32.2. The number of amides is 5. The second-order valence-corrected chi connectivity index (χ2v) is 23.4. The van der Waals surface area contributed by atoms with Crippen molar-refractivity contribution in [3.63, 3.8) is 0 Å². The van der Waals surface area contributed by atoms with Gasteiger partial charge in [0.15, 0.2) is 5.78 Å². The van der Waals surface area contributed by atoms with Crippen LogP contribution in [-0.2, 0) is 28.7 Å². The standard InChI is InChI=1S/3C5H9NO.2C5H11N.2C5H10O.2C5H10S.C4H8N2O.C4H6N2O/c1-4-2-6-3-5(4)7;1-6-4-2-3-5(6)7;1-4-2-3-6-5(4)7;1-5-2-3-6-4-5;1-6-4-2-3-5-6;1-5-2-3-6-4-5;1-5-3-2-4-6-5;1-5-2-3-6-4-5;1-5-3-2-4-6-5;1-6-3-2-5-4(6)7;1-3-4(7)6-2-5-3/h4,6H,2-3H2,1H3;2-4H2,1H3;4H,2-3H2,1H3,(H,6,7);5-6H,2-4H2,1H3;2-5H2,1H3;4*5H,2-4H2,1H3;2-3H2,1H3,(H,5,7);2-3H,1H3,(H,5,6,7). The van der Waals surface area contributed by atoms with E-state index in [4.69, 9.17) is 9.47 Å². The molecule has 11 rings (SSSR count). The second kappa shape index (κ2) is 41.8. The first kappa shape index (κ1) is 66.5. The molecule has 0 bridgehead atoms. The Morgan fingerprint density at radius 2 is 1.38 bits per heavy atom. The predicted octanol–water partition coefficient (Wildman–Crippen LogP) is 6.57. The fraction of sp³-hybridized carbons (Fsp3) is 0.887. The van der Waals surface area contributed by atoms with Crippen LogP contribution in [0.2, 0.25) is 0 Å². The molecule has 71 heavy (non-hydrogen) atoms. The number of nitrogens with zero attached hydrogens (tertiary/aromatic N) is 4. The maximum atomic E-state index is 10.5. The Hall–Kier alpha value is -2.48. The van der Waals surface area contributed by atoms with E-state index in [1.54, 1.807) is 23.8 Å². The third kappa shape index (κ3) is 36.2. The Kier molecular flexibility index (Phi) is 39.2. The highest BCUT2D eigenvalue weighted by Gasteiger charge is 2.19. The van der Waals surface area contributed by atoms with E-state index in [9.17, 15) is 24.0 Å². The summed E-state index contributed by atoms with van der Waals surface area (Å²) in [4.78, 5) is 61.7. The van der Waals surface area contributed by atoms with Crippen molar-refractivity contribution in [1.82, 2.24) is 41.3 Å². The predicted molar refractivity (Wildman–Crippen MR) is 298 cm³/mol. The number of urea groups is 1. The fourth-order valence-electron chi connectivity index (χ4n) is 7.62. The first-order valence-electron chi connectivity index (χ1n) is 27.2. The van der Waals surface area contributed by atoms with E-state index in [2.05, 4.69) is 102 Å². The Bertz CT molecular complexity index is 1220. The third-order valence-electron chi connectivity index (χ3n) is 13.2. The molecule has 0 aliphatic carbocycles. The number of ketones is 1. The van der Waals surface area contributed by atoms with E-state index in [1.807, 2.05) is 20.9 Å². The molecule has 10 fully saturated rings. The number of rotatable bonds is 0. The van der Waals surface area contributed by atoms with Gasteiger partial charge >= 0.3 is 6.03 Å². The van der Waals surface area contributed by atoms with Crippen LogP contribution < -0.4 is 26.6 Å². The van der Waals surface area contributed by atoms with Gasteiger partial charge in [0, 0.05) is 90.1 Å². The van der Waals surface area contributed by atoms with E-state index in [0.717, 1.165) is 94.8 Å². The number of likely N-dealkylation sites (tertiary alicyclic amines) is 2. The van der Waals surface area contributed by atoms with Gasteiger partial charge in [0.25, 0.3) is 0 Å². The van der Waals surface area contributed by atoms with Crippen LogP contribution in [0.5, 0.6) is 0 Å². The lowest BCUT2D eigenvalue weighted by Crippen LogP contribution is -2.23. The molecule has 16 nitrogen and oxygen atoms in total. The lowest BCUT2D eigenvalue weighted by Gasteiger charge is -2.03. The van der Waals surface area contributed by atoms with Gasteiger partial charge in [-0.3, -0.25) is 24.2 Å². The Morgan fingerprint density at radius 1 is 0.634 bits per heavy atom. The van der Waals surface area contributed by atoms with Crippen LogP contribution in [0.4, 0.5) is 4.79 Å². The molecule has 18 heteroatoms. The average molecular weight is 1040 g/mol. The van der Waals surface area contributed by atoms with Crippen molar-refractivity contribution in [2.45, 2.75) is 150 Å². The van der Waals surface area contributed by atoms with Gasteiger partial charge in [0.2, 0.25) is 17.7 Å². The van der Waals surface area contributed by atoms with E-state index in [1.165, 1.54) is 108 Å². The number of nitrogens with one attached hydrogen (secondary N) is 5. The molecule has 0 aromatic carbocycles. The molecule has 0 aromatic heterocycles. The molecule has 8 unspecified atom stereocenters. The van der Waals surface area contributed by atoms with Crippen LogP contribution in [0.3, 0.4) is 0 Å². The topological polar surface area (TPSA) is 186 Å². The van der Waals surface area contributed by atoms with Crippen molar-refractivity contribution in [3.05, 3.63) is 0 Å². The van der Waals surface area contributed by atoms with E-state index in [0.29, 0.717) is 24.3 Å². The Balaban J connectivity index is 0.000000391. The summed E-state index contributed by atoms with van der Waals surface area (Å²) >= 11 is 4.18. The first-order valence-corrected chi connectivity index (χ1v) is 29.4. The molecule has 0 radical (unpaired) electrons. The number of hydrogen-bond donors (Lipinski definition) is 5. The molecule has 11 aliphatic heterocycles. The van der Waals surface area contributed by atoms with Gasteiger partial charge in [-0.15, -0.1) is 0 Å². The minimum absolute atomic E-state index is 0.0139. The number of hydrogen-bond acceptors (Lipinski definition) is 13. The monoisotopic (exact) mass is 1040 g/mol. The molecule has 0 saturated carbocycles. The SMILES string of the molecule is CC1CCCO1.CC1CCCS1.CC1CCNC1.CC1CCNC1=O.CC1CCOC1.CC1CCSC1.CC1CNCC1=O.CC1N=CNC1=O.CN1CCCC1.CN1CCCC1=O.CN1CCNC1=O. The third-order valence-corrected chi connectivity index (χ3v) is 15.8. The van der Waals surface area contributed by atoms with Crippen molar-refractivity contribution in [3.8, 4) is 0 Å². The molecular weight excluding hydrogens is 939 g/mol. The summed E-state index contributed by atoms with van der Waals surface area (Å²) in [5.74, 6) is 8.34. The van der Waals surface area contributed by atoms with Crippen LogP contribution >= 0.6 is 23.5 Å². The molecule has 5 N–H and O–H groups in total. The Morgan fingerprint density at radius 3 is 1.54 bits per heavy atom. The van der Waals surface area contributed by atoms with Crippen molar-refractivity contribution >= 4 is 59.4 Å². The normalized spacial score (nSPS) is 29.7. The van der Waals surface area contributed by atoms with Crippen LogP contribution in [-0.4, -0.2) is 192 Å². The summed E-state index contributed by atoms with van der Waals surface area (Å²) < 4.78 is 10.2. The minimum atomic E-state index is -0.167. The fourth-order valence-corrected chi connectivity index (χ4v) is 10.00. The van der Waals surface area contributed by atoms with Crippen molar-refractivity contribution in [1.29, 1.82) is 0 Å². The number of ether oxygens (including phenoxy) is 2.